The maximum Gasteiger partial charge on any atom is 0.411 e. The van der Waals surface area contributed by atoms with Gasteiger partial charge in [-0.1, -0.05) is 56.4 Å². The molecule has 0 radical (unpaired) electrons. The van der Waals surface area contributed by atoms with Gasteiger partial charge in [-0.15, -0.1) is 0 Å². The minimum atomic E-state index is -2.89. The topological polar surface area (TPSA) is 50.8 Å². The van der Waals surface area contributed by atoms with Gasteiger partial charge < -0.3 is 14.8 Å². The van der Waals surface area contributed by atoms with Gasteiger partial charge in [0.25, 0.3) is 0 Å². The standard InChI is InChI=1S/C29H35F3N2O3/c30-24-10-6-22(7-11-24)19-28(18-21-4-2-1-3-5-21)29(14-16-33-17-15-29)37-27(35)34(28)20-23-8-12-25(13-9-23)36-26(31)32/h6-13,21,26,33H,1-5,14-20H2. The van der Waals surface area contributed by atoms with E-state index in [1.54, 1.807) is 12.1 Å². The van der Waals surface area contributed by atoms with Crippen molar-refractivity contribution in [2.45, 2.75) is 82.1 Å². The van der Waals surface area contributed by atoms with E-state index in [1.807, 2.05) is 17.0 Å². The van der Waals surface area contributed by atoms with Crippen LogP contribution < -0.4 is 10.1 Å². The van der Waals surface area contributed by atoms with E-state index in [-0.39, 0.29) is 17.7 Å². The lowest BCUT2D eigenvalue weighted by Gasteiger charge is -2.50. The fourth-order valence-electron chi connectivity index (χ4n) is 6.74. The molecule has 200 valence electrons. The summed E-state index contributed by atoms with van der Waals surface area (Å²) in [6.07, 6.45) is 8.34. The molecule has 1 N–H and O–H groups in total. The predicted molar refractivity (Wildman–Crippen MR) is 134 cm³/mol. The first-order valence-electron chi connectivity index (χ1n) is 13.4. The summed E-state index contributed by atoms with van der Waals surface area (Å²) in [6.45, 7) is -1.07. The number of rotatable bonds is 8. The maximum atomic E-state index is 13.8. The average Bonchev–Trinajstić information content (AvgIpc) is 3.09. The molecule has 2 heterocycles. The number of nitrogens with zero attached hydrogens (tertiary/aromatic N) is 1. The zero-order valence-corrected chi connectivity index (χ0v) is 21.1. The molecule has 1 unspecified atom stereocenters. The molecule has 1 amide bonds. The number of ether oxygens (including phenoxy) is 2. The summed E-state index contributed by atoms with van der Waals surface area (Å²) in [6, 6.07) is 13.0. The summed E-state index contributed by atoms with van der Waals surface area (Å²) in [5.74, 6) is 0.264. The number of hydrogen-bond acceptors (Lipinski definition) is 4. The number of benzene rings is 2. The number of piperidine rings is 1. The second kappa shape index (κ2) is 10.9. The summed E-state index contributed by atoms with van der Waals surface area (Å²) in [4.78, 5) is 15.6. The molecule has 1 atom stereocenters. The van der Waals surface area contributed by atoms with Gasteiger partial charge in [-0.05, 0) is 67.2 Å². The molecular formula is C29H35F3N2O3. The van der Waals surface area contributed by atoms with Gasteiger partial charge in [0.2, 0.25) is 0 Å². The first-order chi connectivity index (χ1) is 17.9. The van der Waals surface area contributed by atoms with Crippen LogP contribution in [0.2, 0.25) is 0 Å². The number of nitrogens with one attached hydrogen (secondary N) is 1. The highest BCUT2D eigenvalue weighted by Crippen LogP contribution is 2.52. The van der Waals surface area contributed by atoms with Crippen LogP contribution in [0, 0.1) is 11.7 Å². The third-order valence-electron chi connectivity index (χ3n) is 8.53. The number of halogens is 3. The zero-order chi connectivity index (χ0) is 25.9. The molecule has 0 bridgehead atoms. The summed E-state index contributed by atoms with van der Waals surface area (Å²) in [5.41, 5.74) is 0.528. The number of carbonyl (C=O) groups excluding carboxylic acids is 1. The Morgan fingerprint density at radius 1 is 0.973 bits per heavy atom. The first kappa shape index (κ1) is 25.9. The third kappa shape index (κ3) is 5.44. The Labute approximate surface area is 216 Å². The molecule has 3 fully saturated rings. The van der Waals surface area contributed by atoms with E-state index in [4.69, 9.17) is 4.74 Å². The Morgan fingerprint density at radius 2 is 1.62 bits per heavy atom. The highest BCUT2D eigenvalue weighted by atomic mass is 19.3. The minimum absolute atomic E-state index is 0.0809. The molecule has 37 heavy (non-hydrogen) atoms. The Bertz CT molecular complexity index is 1050. The van der Waals surface area contributed by atoms with Crippen LogP contribution in [0.5, 0.6) is 5.75 Å². The first-order valence-corrected chi connectivity index (χ1v) is 13.4. The van der Waals surface area contributed by atoms with Gasteiger partial charge in [-0.25, -0.2) is 9.18 Å². The summed E-state index contributed by atoms with van der Waals surface area (Å²) >= 11 is 0. The Kier molecular flexibility index (Phi) is 7.65. The van der Waals surface area contributed by atoms with Crippen LogP contribution in [0.4, 0.5) is 18.0 Å². The van der Waals surface area contributed by atoms with E-state index in [2.05, 4.69) is 10.1 Å². The van der Waals surface area contributed by atoms with Crippen molar-refractivity contribution in [3.05, 3.63) is 65.5 Å². The molecule has 1 aliphatic carbocycles. The molecule has 5 nitrogen and oxygen atoms in total. The predicted octanol–water partition coefficient (Wildman–Crippen LogP) is 6.45. The van der Waals surface area contributed by atoms with Crippen LogP contribution in [-0.2, 0) is 17.7 Å². The lowest BCUT2D eigenvalue weighted by Crippen LogP contribution is -2.63. The monoisotopic (exact) mass is 516 g/mol. The van der Waals surface area contributed by atoms with E-state index in [9.17, 15) is 18.0 Å². The van der Waals surface area contributed by atoms with Crippen molar-refractivity contribution in [1.29, 1.82) is 0 Å². The molecule has 2 aromatic carbocycles. The summed E-state index contributed by atoms with van der Waals surface area (Å²) in [7, 11) is 0. The fraction of sp³-hybridized carbons (Fsp3) is 0.552. The van der Waals surface area contributed by atoms with E-state index >= 15 is 0 Å². The molecule has 8 heteroatoms. The van der Waals surface area contributed by atoms with E-state index in [1.165, 1.54) is 43.5 Å². The molecule has 1 saturated carbocycles. The average molecular weight is 517 g/mol. The van der Waals surface area contributed by atoms with Gasteiger partial charge in [0.1, 0.15) is 17.2 Å². The van der Waals surface area contributed by atoms with Gasteiger partial charge in [-0.2, -0.15) is 8.78 Å². The van der Waals surface area contributed by atoms with Crippen molar-refractivity contribution in [2.75, 3.05) is 13.1 Å². The zero-order valence-electron chi connectivity index (χ0n) is 21.1. The van der Waals surface area contributed by atoms with E-state index < -0.39 is 17.8 Å². The highest BCUT2D eigenvalue weighted by Gasteiger charge is 2.64. The summed E-state index contributed by atoms with van der Waals surface area (Å²) < 4.78 is 49.9. The number of hydrogen-bond donors (Lipinski definition) is 1. The van der Waals surface area contributed by atoms with Gasteiger partial charge in [0.15, 0.2) is 0 Å². The van der Waals surface area contributed by atoms with Crippen LogP contribution in [0.1, 0.15) is 62.5 Å². The molecule has 2 aromatic rings. The molecule has 3 aliphatic rings. The SMILES string of the molecule is O=C1OC2(CCNCC2)C(Cc2ccc(F)cc2)(CC2CCCCC2)N1Cc1ccc(OC(F)F)cc1. The van der Waals surface area contributed by atoms with E-state index in [0.29, 0.717) is 31.7 Å². The van der Waals surface area contributed by atoms with Gasteiger partial charge in [-0.3, -0.25) is 4.90 Å². The van der Waals surface area contributed by atoms with Crippen molar-refractivity contribution in [2.24, 2.45) is 5.92 Å². The third-order valence-corrected chi connectivity index (χ3v) is 8.53. The molecule has 5 rings (SSSR count). The molecule has 0 aromatic heterocycles. The second-order valence-electron chi connectivity index (χ2n) is 10.8. The van der Waals surface area contributed by atoms with Crippen molar-refractivity contribution in [3.8, 4) is 5.75 Å². The Morgan fingerprint density at radius 3 is 2.27 bits per heavy atom. The van der Waals surface area contributed by atoms with Crippen molar-refractivity contribution >= 4 is 6.09 Å². The number of amides is 1. The smallest absolute Gasteiger partial charge is 0.411 e. The lowest BCUT2D eigenvalue weighted by molar-refractivity contribution is -0.0551. The minimum Gasteiger partial charge on any atom is -0.440 e. The van der Waals surface area contributed by atoms with Gasteiger partial charge in [0.05, 0.1) is 5.54 Å². The fourth-order valence-corrected chi connectivity index (χ4v) is 6.74. The quantitative estimate of drug-likeness (QED) is 0.438. The van der Waals surface area contributed by atoms with Crippen LogP contribution in [-0.4, -0.2) is 41.8 Å². The van der Waals surface area contributed by atoms with E-state index in [0.717, 1.165) is 43.5 Å². The summed E-state index contributed by atoms with van der Waals surface area (Å²) in [5, 5.41) is 3.42. The van der Waals surface area contributed by atoms with Gasteiger partial charge >= 0.3 is 12.7 Å². The largest absolute Gasteiger partial charge is 0.440 e. The van der Waals surface area contributed by atoms with Crippen LogP contribution in [0.15, 0.2) is 48.5 Å². The Balaban J connectivity index is 1.54. The molecule has 2 saturated heterocycles. The molecule has 1 spiro atoms. The van der Waals surface area contributed by atoms with Crippen molar-refractivity contribution in [3.63, 3.8) is 0 Å². The highest BCUT2D eigenvalue weighted by molar-refractivity contribution is 5.73. The normalized spacial score (nSPS) is 24.0. The molecular weight excluding hydrogens is 481 g/mol. The Hall–Kier alpha value is -2.74. The van der Waals surface area contributed by atoms with Crippen molar-refractivity contribution in [1.82, 2.24) is 10.2 Å². The molecule has 2 aliphatic heterocycles. The van der Waals surface area contributed by atoms with Crippen molar-refractivity contribution < 1.29 is 27.4 Å². The van der Waals surface area contributed by atoms with Gasteiger partial charge in [0, 0.05) is 19.4 Å². The number of carbonyl (C=O) groups is 1. The van der Waals surface area contributed by atoms with Crippen LogP contribution >= 0.6 is 0 Å². The lowest BCUT2D eigenvalue weighted by atomic mass is 9.64. The maximum absolute atomic E-state index is 13.8. The van der Waals surface area contributed by atoms with Crippen LogP contribution in [0.25, 0.3) is 0 Å². The number of alkyl halides is 2. The second-order valence-corrected chi connectivity index (χ2v) is 10.8. The van der Waals surface area contributed by atoms with Crippen LogP contribution in [0.3, 0.4) is 0 Å².